The molecule has 0 heterocycles. The van der Waals surface area contributed by atoms with Gasteiger partial charge in [-0.25, -0.2) is 0 Å². The molecule has 5 nitrogen and oxygen atoms in total. The predicted octanol–water partition coefficient (Wildman–Crippen LogP) is 2.91. The number of Topliss-reactive ketones (excluding diaryl/α,β-unsaturated/α-hetero) is 1. The fraction of sp³-hybridized carbons (Fsp3) is 0.500. The molecule has 0 bridgehead atoms. The van der Waals surface area contributed by atoms with Crippen molar-refractivity contribution in [2.24, 2.45) is 5.92 Å². The van der Waals surface area contributed by atoms with E-state index >= 15 is 0 Å². The summed E-state index contributed by atoms with van der Waals surface area (Å²) in [5.74, 6) is 0.855. The third kappa shape index (κ3) is 3.10. The number of hydrogen-bond donors (Lipinski definition) is 0. The summed E-state index contributed by atoms with van der Waals surface area (Å²) in [4.78, 5) is 22.2. The van der Waals surface area contributed by atoms with Gasteiger partial charge in [0.15, 0.2) is 0 Å². The first-order chi connectivity index (χ1) is 9.11. The number of ketones is 1. The van der Waals surface area contributed by atoms with Crippen molar-refractivity contribution in [2.45, 2.75) is 32.1 Å². The summed E-state index contributed by atoms with van der Waals surface area (Å²) in [6.07, 6.45) is 4.03. The second kappa shape index (κ2) is 5.82. The summed E-state index contributed by atoms with van der Waals surface area (Å²) in [7, 11) is 1.54. The first-order valence-corrected chi connectivity index (χ1v) is 6.46. The minimum atomic E-state index is -0.425. The highest BCUT2D eigenvalue weighted by Crippen LogP contribution is 2.30. The Labute approximate surface area is 111 Å². The lowest BCUT2D eigenvalue weighted by Gasteiger charge is -2.21. The highest BCUT2D eigenvalue weighted by atomic mass is 16.6. The molecule has 0 N–H and O–H groups in total. The number of rotatable bonds is 4. The fourth-order valence-electron chi connectivity index (χ4n) is 2.57. The molecule has 1 saturated carbocycles. The van der Waals surface area contributed by atoms with Crippen LogP contribution in [-0.4, -0.2) is 17.8 Å². The van der Waals surface area contributed by atoms with Crippen LogP contribution in [0.15, 0.2) is 18.2 Å². The Balaban J connectivity index is 2.23. The van der Waals surface area contributed by atoms with E-state index in [1.54, 1.807) is 6.07 Å². The van der Waals surface area contributed by atoms with Crippen molar-refractivity contribution in [3.63, 3.8) is 0 Å². The van der Waals surface area contributed by atoms with Gasteiger partial charge in [0.25, 0.3) is 5.69 Å². The monoisotopic (exact) mass is 263 g/mol. The van der Waals surface area contributed by atoms with Crippen LogP contribution in [0.3, 0.4) is 0 Å². The number of carbonyl (C=O) groups excluding carboxylic acids is 1. The van der Waals surface area contributed by atoms with E-state index in [9.17, 15) is 14.9 Å². The van der Waals surface area contributed by atoms with Crippen molar-refractivity contribution in [1.82, 2.24) is 0 Å². The van der Waals surface area contributed by atoms with Crippen LogP contribution in [0, 0.1) is 16.0 Å². The van der Waals surface area contributed by atoms with Crippen molar-refractivity contribution < 1.29 is 14.5 Å². The van der Waals surface area contributed by atoms with Gasteiger partial charge in [0.1, 0.15) is 11.5 Å². The van der Waals surface area contributed by atoms with E-state index in [0.29, 0.717) is 18.6 Å². The molecule has 5 heteroatoms. The molecule has 0 aromatic heterocycles. The van der Waals surface area contributed by atoms with Gasteiger partial charge in [-0.05, 0) is 25.3 Å². The summed E-state index contributed by atoms with van der Waals surface area (Å²) in [6.45, 7) is 0. The highest BCUT2D eigenvalue weighted by Gasteiger charge is 2.24. The molecule has 19 heavy (non-hydrogen) atoms. The summed E-state index contributed by atoms with van der Waals surface area (Å²) < 4.78 is 5.22. The summed E-state index contributed by atoms with van der Waals surface area (Å²) in [6, 6.07) is 4.53. The van der Waals surface area contributed by atoms with E-state index in [4.69, 9.17) is 4.74 Å². The molecule has 0 amide bonds. The SMILES string of the molecule is COc1ccc([N+](=O)[O-])cc1CC1CCCCC1=O. The molecule has 2 rings (SSSR count). The molecular weight excluding hydrogens is 246 g/mol. The highest BCUT2D eigenvalue weighted by molar-refractivity contribution is 5.82. The molecule has 1 atom stereocenters. The minimum absolute atomic E-state index is 0.0235. The smallest absolute Gasteiger partial charge is 0.269 e. The van der Waals surface area contributed by atoms with Gasteiger partial charge in [-0.1, -0.05) is 6.42 Å². The maximum atomic E-state index is 11.8. The lowest BCUT2D eigenvalue weighted by atomic mass is 9.83. The van der Waals surface area contributed by atoms with Crippen LogP contribution in [0.5, 0.6) is 5.75 Å². The van der Waals surface area contributed by atoms with Crippen molar-refractivity contribution in [3.8, 4) is 5.75 Å². The number of nitro benzene ring substituents is 1. The van der Waals surface area contributed by atoms with E-state index in [1.807, 2.05) is 0 Å². The fourth-order valence-corrected chi connectivity index (χ4v) is 2.57. The Kier molecular flexibility index (Phi) is 4.14. The first kappa shape index (κ1) is 13.5. The van der Waals surface area contributed by atoms with Crippen molar-refractivity contribution in [2.75, 3.05) is 7.11 Å². The summed E-state index contributed by atoms with van der Waals surface area (Å²) >= 11 is 0. The Morgan fingerprint density at radius 3 is 2.84 bits per heavy atom. The van der Waals surface area contributed by atoms with Gasteiger partial charge in [0, 0.05) is 30.0 Å². The van der Waals surface area contributed by atoms with Crippen LogP contribution in [0.25, 0.3) is 0 Å². The van der Waals surface area contributed by atoms with E-state index in [1.165, 1.54) is 19.2 Å². The van der Waals surface area contributed by atoms with Crippen molar-refractivity contribution in [3.05, 3.63) is 33.9 Å². The van der Waals surface area contributed by atoms with Crippen LogP contribution in [-0.2, 0) is 11.2 Å². The molecule has 1 fully saturated rings. The average Bonchev–Trinajstić information content (AvgIpc) is 2.41. The van der Waals surface area contributed by atoms with Gasteiger partial charge in [-0.3, -0.25) is 14.9 Å². The van der Waals surface area contributed by atoms with Crippen LogP contribution in [0.1, 0.15) is 31.2 Å². The Bertz CT molecular complexity index is 498. The van der Waals surface area contributed by atoms with Gasteiger partial charge >= 0.3 is 0 Å². The Morgan fingerprint density at radius 1 is 1.42 bits per heavy atom. The quantitative estimate of drug-likeness (QED) is 0.618. The van der Waals surface area contributed by atoms with E-state index in [-0.39, 0.29) is 17.4 Å². The number of carbonyl (C=O) groups is 1. The van der Waals surface area contributed by atoms with Crippen molar-refractivity contribution in [1.29, 1.82) is 0 Å². The maximum absolute atomic E-state index is 11.8. The molecule has 1 aromatic rings. The third-order valence-corrected chi connectivity index (χ3v) is 3.62. The number of ether oxygens (including phenoxy) is 1. The molecule has 1 aromatic carbocycles. The zero-order valence-electron chi connectivity index (χ0n) is 10.9. The number of nitro groups is 1. The third-order valence-electron chi connectivity index (χ3n) is 3.62. The molecule has 0 radical (unpaired) electrons. The molecular formula is C14H17NO4. The van der Waals surface area contributed by atoms with Gasteiger partial charge in [-0.15, -0.1) is 0 Å². The molecule has 0 spiro atoms. The Morgan fingerprint density at radius 2 is 2.21 bits per heavy atom. The summed E-state index contributed by atoms with van der Waals surface area (Å²) in [5.41, 5.74) is 0.788. The number of benzene rings is 1. The van der Waals surface area contributed by atoms with E-state index in [2.05, 4.69) is 0 Å². The molecule has 1 unspecified atom stereocenters. The molecule has 0 aliphatic heterocycles. The van der Waals surface area contributed by atoms with E-state index < -0.39 is 4.92 Å². The number of nitrogens with zero attached hydrogens (tertiary/aromatic N) is 1. The van der Waals surface area contributed by atoms with Crippen molar-refractivity contribution >= 4 is 11.5 Å². The molecule has 1 aliphatic carbocycles. The topological polar surface area (TPSA) is 69.4 Å². The second-order valence-electron chi connectivity index (χ2n) is 4.87. The zero-order valence-corrected chi connectivity index (χ0v) is 10.9. The predicted molar refractivity (Wildman–Crippen MR) is 70.3 cm³/mol. The van der Waals surface area contributed by atoms with Crippen LogP contribution >= 0.6 is 0 Å². The van der Waals surface area contributed by atoms with Gasteiger partial charge in [0.2, 0.25) is 0 Å². The van der Waals surface area contributed by atoms with Crippen LogP contribution in [0.4, 0.5) is 5.69 Å². The van der Waals surface area contributed by atoms with Gasteiger partial charge < -0.3 is 4.74 Å². The van der Waals surface area contributed by atoms with Crippen LogP contribution in [0.2, 0.25) is 0 Å². The van der Waals surface area contributed by atoms with E-state index in [0.717, 1.165) is 24.8 Å². The molecule has 102 valence electrons. The normalized spacial score (nSPS) is 19.2. The first-order valence-electron chi connectivity index (χ1n) is 6.46. The van der Waals surface area contributed by atoms with Crippen LogP contribution < -0.4 is 4.74 Å². The maximum Gasteiger partial charge on any atom is 0.269 e. The average molecular weight is 263 g/mol. The van der Waals surface area contributed by atoms with Gasteiger partial charge in [-0.2, -0.15) is 0 Å². The van der Waals surface area contributed by atoms with Gasteiger partial charge in [0.05, 0.1) is 12.0 Å². The second-order valence-corrected chi connectivity index (χ2v) is 4.87. The molecule has 0 saturated heterocycles. The lowest BCUT2D eigenvalue weighted by Crippen LogP contribution is -2.21. The summed E-state index contributed by atoms with van der Waals surface area (Å²) in [5, 5.41) is 10.8. The number of hydrogen-bond acceptors (Lipinski definition) is 4. The standard InChI is InChI=1S/C14H17NO4/c1-19-14-7-6-12(15(17)18)9-11(14)8-10-4-2-3-5-13(10)16/h6-7,9-10H,2-5,8H2,1H3. The largest absolute Gasteiger partial charge is 0.496 e. The zero-order chi connectivity index (χ0) is 13.8. The molecule has 1 aliphatic rings. The Hall–Kier alpha value is -1.91. The number of non-ortho nitro benzene ring substituents is 1. The number of methoxy groups -OCH3 is 1. The minimum Gasteiger partial charge on any atom is -0.496 e. The lowest BCUT2D eigenvalue weighted by molar-refractivity contribution is -0.384.